The van der Waals surface area contributed by atoms with Crippen LogP contribution in [-0.2, 0) is 4.74 Å². The van der Waals surface area contributed by atoms with Gasteiger partial charge in [0.1, 0.15) is 5.60 Å². The summed E-state index contributed by atoms with van der Waals surface area (Å²) in [5.41, 5.74) is 1.72. The molecule has 0 rings (SSSR count). The third-order valence-corrected chi connectivity index (χ3v) is 2.03. The average molecular weight is 265 g/mol. The van der Waals surface area contributed by atoms with Crippen LogP contribution in [-0.4, -0.2) is 28.6 Å². The Labute approximate surface area is 107 Å². The fourth-order valence-corrected chi connectivity index (χ4v) is 1.25. The van der Waals surface area contributed by atoms with Crippen molar-refractivity contribution in [2.75, 3.05) is 6.54 Å². The highest BCUT2D eigenvalue weighted by atomic mass is 35.5. The van der Waals surface area contributed by atoms with Crippen molar-refractivity contribution in [2.24, 2.45) is 0 Å². The zero-order valence-electron chi connectivity index (χ0n) is 10.9. The zero-order chi connectivity index (χ0) is 13.5. The molecule has 0 radical (unpaired) electrons. The summed E-state index contributed by atoms with van der Waals surface area (Å²) in [4.78, 5) is 22.5. The SMILES string of the molecule is CCCCCN(NC(=O)OC(C)(C)C)C(=O)Cl. The molecule has 0 aliphatic heterocycles. The minimum atomic E-state index is -0.716. The van der Waals surface area contributed by atoms with Crippen LogP contribution in [0.15, 0.2) is 0 Å². The summed E-state index contributed by atoms with van der Waals surface area (Å²) in [6.45, 7) is 7.67. The van der Waals surface area contributed by atoms with Crippen molar-refractivity contribution in [2.45, 2.75) is 52.6 Å². The van der Waals surface area contributed by atoms with Crippen LogP contribution in [0.1, 0.15) is 47.0 Å². The minimum absolute atomic E-state index is 0.384. The van der Waals surface area contributed by atoms with E-state index in [9.17, 15) is 9.59 Å². The van der Waals surface area contributed by atoms with E-state index in [1.165, 1.54) is 0 Å². The number of halogens is 1. The molecule has 1 N–H and O–H groups in total. The lowest BCUT2D eigenvalue weighted by atomic mass is 10.2. The largest absolute Gasteiger partial charge is 0.443 e. The maximum absolute atomic E-state index is 11.4. The van der Waals surface area contributed by atoms with Crippen LogP contribution in [0.4, 0.5) is 9.59 Å². The van der Waals surface area contributed by atoms with Gasteiger partial charge in [0.05, 0.1) is 0 Å². The van der Waals surface area contributed by atoms with E-state index in [-0.39, 0.29) is 0 Å². The highest BCUT2D eigenvalue weighted by Gasteiger charge is 2.19. The van der Waals surface area contributed by atoms with Crippen molar-refractivity contribution >= 4 is 23.1 Å². The molecular weight excluding hydrogens is 244 g/mol. The molecule has 0 fully saturated rings. The van der Waals surface area contributed by atoms with Gasteiger partial charge in [-0.2, -0.15) is 0 Å². The maximum atomic E-state index is 11.4. The van der Waals surface area contributed by atoms with E-state index in [4.69, 9.17) is 16.3 Å². The van der Waals surface area contributed by atoms with E-state index in [1.54, 1.807) is 20.8 Å². The van der Waals surface area contributed by atoms with E-state index in [0.29, 0.717) is 6.54 Å². The molecule has 0 saturated carbocycles. The number of nitrogens with zero attached hydrogens (tertiary/aromatic N) is 1. The molecule has 17 heavy (non-hydrogen) atoms. The Morgan fingerprint density at radius 3 is 2.29 bits per heavy atom. The number of hydrogen-bond donors (Lipinski definition) is 1. The second-order valence-corrected chi connectivity index (χ2v) is 5.05. The Morgan fingerprint density at radius 2 is 1.88 bits per heavy atom. The van der Waals surface area contributed by atoms with Crippen molar-refractivity contribution in [3.63, 3.8) is 0 Å². The Bertz CT molecular complexity index is 264. The van der Waals surface area contributed by atoms with Crippen molar-refractivity contribution in [1.82, 2.24) is 10.4 Å². The molecule has 0 aliphatic carbocycles. The normalized spacial score (nSPS) is 10.9. The molecule has 0 aliphatic rings. The van der Waals surface area contributed by atoms with Gasteiger partial charge in [-0.25, -0.2) is 15.2 Å². The molecule has 0 unspecified atom stereocenters. The summed E-state index contributed by atoms with van der Waals surface area (Å²) >= 11 is 5.35. The van der Waals surface area contributed by atoms with Crippen molar-refractivity contribution in [3.8, 4) is 0 Å². The molecule has 2 amide bonds. The van der Waals surface area contributed by atoms with Crippen molar-refractivity contribution < 1.29 is 14.3 Å². The lowest BCUT2D eigenvalue weighted by Gasteiger charge is -2.24. The number of carbonyl (C=O) groups is 2. The number of ether oxygens (including phenoxy) is 1. The Hall–Kier alpha value is -0.970. The fraction of sp³-hybridized carbons (Fsp3) is 0.818. The molecule has 0 aromatic heterocycles. The second kappa shape index (κ2) is 7.37. The van der Waals surface area contributed by atoms with Gasteiger partial charge >= 0.3 is 11.5 Å². The fourth-order valence-electron chi connectivity index (χ4n) is 1.12. The number of amides is 2. The van der Waals surface area contributed by atoms with E-state index < -0.39 is 17.1 Å². The van der Waals surface area contributed by atoms with Gasteiger partial charge in [0.25, 0.3) is 0 Å². The van der Waals surface area contributed by atoms with Crippen LogP contribution in [0, 0.1) is 0 Å². The molecule has 100 valence electrons. The highest BCUT2D eigenvalue weighted by molar-refractivity contribution is 6.62. The van der Waals surface area contributed by atoms with Gasteiger partial charge in [0.15, 0.2) is 0 Å². The summed E-state index contributed by atoms with van der Waals surface area (Å²) in [7, 11) is 0. The number of carbonyl (C=O) groups excluding carboxylic acids is 2. The topological polar surface area (TPSA) is 58.6 Å². The summed E-state index contributed by atoms with van der Waals surface area (Å²) in [6.07, 6.45) is 2.10. The molecule has 0 heterocycles. The molecule has 0 spiro atoms. The number of rotatable bonds is 4. The molecule has 0 aromatic rings. The van der Waals surface area contributed by atoms with Crippen LogP contribution >= 0.6 is 11.6 Å². The Balaban J connectivity index is 4.16. The maximum Gasteiger partial charge on any atom is 0.426 e. The van der Waals surface area contributed by atoms with Crippen LogP contribution in [0.3, 0.4) is 0 Å². The van der Waals surface area contributed by atoms with Crippen molar-refractivity contribution in [3.05, 3.63) is 0 Å². The molecule has 0 atom stereocenters. The first kappa shape index (κ1) is 16.0. The number of hydrogen-bond acceptors (Lipinski definition) is 3. The molecular formula is C11H21ClN2O3. The monoisotopic (exact) mass is 264 g/mol. The van der Waals surface area contributed by atoms with E-state index >= 15 is 0 Å². The molecule has 0 bridgehead atoms. The first-order chi connectivity index (χ1) is 7.76. The predicted molar refractivity (Wildman–Crippen MR) is 66.8 cm³/mol. The van der Waals surface area contributed by atoms with Gasteiger partial charge in [-0.3, -0.25) is 4.79 Å². The van der Waals surface area contributed by atoms with E-state index in [0.717, 1.165) is 24.3 Å². The summed E-state index contributed by atoms with van der Waals surface area (Å²) in [5, 5.41) is 0.345. The number of unbranched alkanes of at least 4 members (excludes halogenated alkanes) is 2. The lowest BCUT2D eigenvalue weighted by molar-refractivity contribution is 0.0392. The minimum Gasteiger partial charge on any atom is -0.443 e. The lowest BCUT2D eigenvalue weighted by Crippen LogP contribution is -2.46. The third kappa shape index (κ3) is 8.80. The number of hydrazine groups is 1. The second-order valence-electron chi connectivity index (χ2n) is 4.73. The van der Waals surface area contributed by atoms with Gasteiger partial charge in [-0.1, -0.05) is 19.8 Å². The van der Waals surface area contributed by atoms with Crippen LogP contribution in [0.25, 0.3) is 0 Å². The Morgan fingerprint density at radius 1 is 1.29 bits per heavy atom. The van der Waals surface area contributed by atoms with E-state index in [2.05, 4.69) is 5.43 Å². The van der Waals surface area contributed by atoms with Crippen LogP contribution < -0.4 is 5.43 Å². The first-order valence-corrected chi connectivity index (χ1v) is 6.10. The van der Waals surface area contributed by atoms with Gasteiger partial charge in [-0.05, 0) is 38.8 Å². The van der Waals surface area contributed by atoms with Gasteiger partial charge in [-0.15, -0.1) is 0 Å². The Kier molecular flexibility index (Phi) is 6.95. The predicted octanol–water partition coefficient (Wildman–Crippen LogP) is 3.28. The quantitative estimate of drug-likeness (QED) is 0.367. The summed E-state index contributed by atoms with van der Waals surface area (Å²) < 4.78 is 5.02. The highest BCUT2D eigenvalue weighted by Crippen LogP contribution is 2.07. The average Bonchev–Trinajstić information content (AvgIpc) is 2.13. The standard InChI is InChI=1S/C11H21ClN2O3/c1-5-6-7-8-14(9(12)15)13-10(16)17-11(2,3)4/h5-8H2,1-4H3,(H,13,16). The molecule has 0 saturated heterocycles. The molecule has 6 heteroatoms. The smallest absolute Gasteiger partial charge is 0.426 e. The molecule has 0 aromatic carbocycles. The van der Waals surface area contributed by atoms with Crippen LogP contribution in [0.2, 0.25) is 0 Å². The zero-order valence-corrected chi connectivity index (χ0v) is 11.6. The number of nitrogens with one attached hydrogen (secondary N) is 1. The third-order valence-electron chi connectivity index (χ3n) is 1.82. The van der Waals surface area contributed by atoms with Crippen molar-refractivity contribution in [1.29, 1.82) is 0 Å². The van der Waals surface area contributed by atoms with Crippen LogP contribution in [0.5, 0.6) is 0 Å². The van der Waals surface area contributed by atoms with E-state index in [1.807, 2.05) is 6.92 Å². The van der Waals surface area contributed by atoms with Gasteiger partial charge in [0, 0.05) is 6.54 Å². The summed E-state index contributed by atoms with van der Waals surface area (Å²) in [6, 6.07) is 0. The molecule has 5 nitrogen and oxygen atoms in total. The van der Waals surface area contributed by atoms with Gasteiger partial charge < -0.3 is 4.74 Å². The van der Waals surface area contributed by atoms with Gasteiger partial charge in [0.2, 0.25) is 0 Å². The first-order valence-electron chi connectivity index (χ1n) is 5.73. The summed E-state index contributed by atoms with van der Waals surface area (Å²) in [5.74, 6) is 0.